The molecule has 0 radical (unpaired) electrons. The van der Waals surface area contributed by atoms with Gasteiger partial charge in [0.05, 0.1) is 7.11 Å². The third-order valence-electron chi connectivity index (χ3n) is 4.68. The average Bonchev–Trinajstić information content (AvgIpc) is 2.63. The Bertz CT molecular complexity index is 849. The van der Waals surface area contributed by atoms with Crippen molar-refractivity contribution < 1.29 is 19.4 Å². The number of piperazine rings is 1. The number of aryl methyl sites for hydroxylation is 1. The molecule has 6 nitrogen and oxygen atoms in total. The number of aromatic hydroxyl groups is 1. The highest BCUT2D eigenvalue weighted by Crippen LogP contribution is 2.28. The van der Waals surface area contributed by atoms with Gasteiger partial charge in [-0.1, -0.05) is 18.2 Å². The Balaban J connectivity index is 1.81. The zero-order chi connectivity index (χ0) is 18.8. The van der Waals surface area contributed by atoms with Gasteiger partial charge in [0.1, 0.15) is 6.54 Å². The highest BCUT2D eigenvalue weighted by Gasteiger charge is 2.34. The molecular weight excluding hydrogens is 332 g/mol. The van der Waals surface area contributed by atoms with Crippen LogP contribution >= 0.6 is 0 Å². The molecule has 6 heteroatoms. The van der Waals surface area contributed by atoms with Crippen LogP contribution in [0.3, 0.4) is 0 Å². The molecule has 1 N–H and O–H groups in total. The zero-order valence-corrected chi connectivity index (χ0v) is 15.1. The largest absolute Gasteiger partial charge is 0.504 e. The highest BCUT2D eigenvalue weighted by molar-refractivity contribution is 6.02. The van der Waals surface area contributed by atoms with E-state index < -0.39 is 0 Å². The van der Waals surface area contributed by atoms with E-state index in [1.54, 1.807) is 21.9 Å². The molecule has 0 saturated carbocycles. The van der Waals surface area contributed by atoms with Gasteiger partial charge in [-0.3, -0.25) is 9.59 Å². The minimum Gasteiger partial charge on any atom is -0.504 e. The number of benzene rings is 2. The maximum Gasteiger partial charge on any atom is 0.254 e. The highest BCUT2D eigenvalue weighted by atomic mass is 16.5. The van der Waals surface area contributed by atoms with E-state index in [2.05, 4.69) is 0 Å². The Hall–Kier alpha value is -3.02. The number of phenolic OH excluding ortho intramolecular Hbond substituents is 1. The van der Waals surface area contributed by atoms with E-state index in [-0.39, 0.29) is 30.2 Å². The summed E-state index contributed by atoms with van der Waals surface area (Å²) in [6.45, 7) is 4.31. The summed E-state index contributed by atoms with van der Waals surface area (Å²) in [6, 6.07) is 12.1. The molecule has 2 aromatic carbocycles. The second-order valence-corrected chi connectivity index (χ2v) is 6.46. The van der Waals surface area contributed by atoms with Gasteiger partial charge in [-0.05, 0) is 43.7 Å². The van der Waals surface area contributed by atoms with Gasteiger partial charge in [-0.15, -0.1) is 0 Å². The fourth-order valence-electron chi connectivity index (χ4n) is 3.21. The summed E-state index contributed by atoms with van der Waals surface area (Å²) in [4.78, 5) is 28.8. The number of amides is 2. The molecule has 1 heterocycles. The molecule has 2 aromatic rings. The number of nitrogens with zero attached hydrogens (tertiary/aromatic N) is 2. The van der Waals surface area contributed by atoms with Crippen molar-refractivity contribution >= 4 is 17.5 Å². The van der Waals surface area contributed by atoms with Gasteiger partial charge in [-0.2, -0.15) is 0 Å². The summed E-state index contributed by atoms with van der Waals surface area (Å²) in [5, 5.41) is 9.91. The number of para-hydroxylation sites is 1. The number of hydrogen-bond donors (Lipinski definition) is 1. The molecule has 0 spiro atoms. The van der Waals surface area contributed by atoms with E-state index in [9.17, 15) is 14.7 Å². The number of carbonyl (C=O) groups excluding carboxylic acids is 2. The van der Waals surface area contributed by atoms with Gasteiger partial charge < -0.3 is 19.6 Å². The second-order valence-electron chi connectivity index (χ2n) is 6.46. The number of rotatable bonds is 3. The van der Waals surface area contributed by atoms with Crippen LogP contribution in [0.25, 0.3) is 0 Å². The lowest BCUT2D eigenvalue weighted by Crippen LogP contribution is -2.57. The minimum atomic E-state index is -0.284. The molecule has 1 aliphatic heterocycles. The lowest BCUT2D eigenvalue weighted by molar-refractivity contribution is -0.121. The van der Waals surface area contributed by atoms with Crippen LogP contribution in [0, 0.1) is 6.92 Å². The molecular formula is C20H22N2O4. The monoisotopic (exact) mass is 354 g/mol. The van der Waals surface area contributed by atoms with Gasteiger partial charge in [0.25, 0.3) is 5.91 Å². The van der Waals surface area contributed by atoms with E-state index in [0.29, 0.717) is 17.9 Å². The van der Waals surface area contributed by atoms with Gasteiger partial charge in [0, 0.05) is 23.8 Å². The lowest BCUT2D eigenvalue weighted by Gasteiger charge is -2.40. The zero-order valence-electron chi connectivity index (χ0n) is 15.1. The number of phenols is 1. The summed E-state index contributed by atoms with van der Waals surface area (Å²) in [6.07, 6.45) is 0. The summed E-state index contributed by atoms with van der Waals surface area (Å²) in [5.74, 6) is -0.206. The maximum atomic E-state index is 12.8. The SMILES string of the molecule is COc1ccc(C(=O)N2CC(=O)N(c3ccccc3C)C[C@@H]2C)cc1O. The lowest BCUT2D eigenvalue weighted by atomic mass is 10.1. The molecule has 26 heavy (non-hydrogen) atoms. The third-order valence-corrected chi connectivity index (χ3v) is 4.68. The van der Waals surface area contributed by atoms with Crippen molar-refractivity contribution in [2.75, 3.05) is 25.1 Å². The molecule has 1 atom stereocenters. The van der Waals surface area contributed by atoms with Crippen LogP contribution < -0.4 is 9.64 Å². The smallest absolute Gasteiger partial charge is 0.254 e. The standard InChI is InChI=1S/C20H22N2O4/c1-13-6-4-5-7-16(13)22-11-14(2)21(12-19(22)24)20(25)15-8-9-18(26-3)17(23)10-15/h4-10,14,23H,11-12H2,1-3H3/t14-/m0/s1. The first kappa shape index (κ1) is 17.8. The molecule has 0 aliphatic carbocycles. The summed E-state index contributed by atoms with van der Waals surface area (Å²) >= 11 is 0. The number of carbonyl (C=O) groups is 2. The molecule has 0 unspecified atom stereocenters. The van der Waals surface area contributed by atoms with Crippen molar-refractivity contribution in [3.63, 3.8) is 0 Å². The first-order valence-corrected chi connectivity index (χ1v) is 8.46. The van der Waals surface area contributed by atoms with Crippen LogP contribution in [0.15, 0.2) is 42.5 Å². The van der Waals surface area contributed by atoms with Crippen LogP contribution in [0.4, 0.5) is 5.69 Å². The predicted molar refractivity (Wildman–Crippen MR) is 98.7 cm³/mol. The molecule has 1 fully saturated rings. The third kappa shape index (κ3) is 3.22. The van der Waals surface area contributed by atoms with E-state index in [1.807, 2.05) is 38.1 Å². The fourth-order valence-corrected chi connectivity index (χ4v) is 3.21. The van der Waals surface area contributed by atoms with Crippen molar-refractivity contribution in [3.8, 4) is 11.5 Å². The minimum absolute atomic E-state index is 0.00112. The molecule has 1 saturated heterocycles. The molecule has 2 amide bonds. The van der Waals surface area contributed by atoms with E-state index >= 15 is 0 Å². The first-order chi connectivity index (χ1) is 12.4. The summed E-state index contributed by atoms with van der Waals surface area (Å²) in [7, 11) is 1.45. The van der Waals surface area contributed by atoms with Crippen LogP contribution in [0.1, 0.15) is 22.8 Å². The molecule has 136 valence electrons. The van der Waals surface area contributed by atoms with E-state index in [4.69, 9.17) is 4.74 Å². The first-order valence-electron chi connectivity index (χ1n) is 8.46. The Labute approximate surface area is 152 Å². The summed E-state index contributed by atoms with van der Waals surface area (Å²) < 4.78 is 5.00. The number of hydrogen-bond acceptors (Lipinski definition) is 4. The summed E-state index contributed by atoms with van der Waals surface area (Å²) in [5.41, 5.74) is 2.22. The predicted octanol–water partition coefficient (Wildman–Crippen LogP) is 2.59. The molecule has 3 rings (SSSR count). The molecule has 0 bridgehead atoms. The van der Waals surface area contributed by atoms with Crippen LogP contribution in [-0.2, 0) is 4.79 Å². The number of ether oxygens (including phenoxy) is 1. The van der Waals surface area contributed by atoms with Crippen LogP contribution in [0.2, 0.25) is 0 Å². The normalized spacial score (nSPS) is 17.3. The van der Waals surface area contributed by atoms with Crippen molar-refractivity contribution in [2.45, 2.75) is 19.9 Å². The van der Waals surface area contributed by atoms with Crippen molar-refractivity contribution in [3.05, 3.63) is 53.6 Å². The molecule has 1 aliphatic rings. The maximum absolute atomic E-state index is 12.8. The Morgan fingerprint density at radius 3 is 2.62 bits per heavy atom. The van der Waals surface area contributed by atoms with E-state index in [1.165, 1.54) is 13.2 Å². The van der Waals surface area contributed by atoms with E-state index in [0.717, 1.165) is 11.3 Å². The Kier molecular flexibility index (Phi) is 4.84. The van der Waals surface area contributed by atoms with Gasteiger partial charge in [0.2, 0.25) is 5.91 Å². The molecule has 0 aromatic heterocycles. The number of anilines is 1. The number of methoxy groups -OCH3 is 1. The topological polar surface area (TPSA) is 70.1 Å². The van der Waals surface area contributed by atoms with Crippen molar-refractivity contribution in [1.82, 2.24) is 4.90 Å². The van der Waals surface area contributed by atoms with Gasteiger partial charge in [0.15, 0.2) is 11.5 Å². The van der Waals surface area contributed by atoms with Crippen molar-refractivity contribution in [1.29, 1.82) is 0 Å². The van der Waals surface area contributed by atoms with Gasteiger partial charge in [-0.25, -0.2) is 0 Å². The van der Waals surface area contributed by atoms with Gasteiger partial charge >= 0.3 is 0 Å². The quantitative estimate of drug-likeness (QED) is 0.920. The fraction of sp³-hybridized carbons (Fsp3) is 0.300. The van der Waals surface area contributed by atoms with Crippen molar-refractivity contribution in [2.24, 2.45) is 0 Å². The average molecular weight is 354 g/mol. The Morgan fingerprint density at radius 1 is 1.23 bits per heavy atom. The van der Waals surface area contributed by atoms with Crippen LogP contribution in [0.5, 0.6) is 11.5 Å². The Morgan fingerprint density at radius 2 is 1.96 bits per heavy atom. The second kappa shape index (κ2) is 7.07. The van der Waals surface area contributed by atoms with Crippen LogP contribution in [-0.4, -0.2) is 48.1 Å².